The predicted octanol–water partition coefficient (Wildman–Crippen LogP) is 2.06. The van der Waals surface area contributed by atoms with Crippen molar-refractivity contribution >= 4 is 22.9 Å². The molecule has 1 aromatic carbocycles. The van der Waals surface area contributed by atoms with Crippen molar-refractivity contribution in [1.82, 2.24) is 25.3 Å². The molecule has 7 heteroatoms. The molecule has 0 saturated carbocycles. The fourth-order valence-corrected chi connectivity index (χ4v) is 3.27. The number of anilines is 1. The standard InChI is InChI=1S/C18H20N6O/c1-12-21-15-16(22-12)19-11-20-17(15)24-9-7-14(8-10-24)23-18(25)13-5-3-2-4-6-13/h2-6,11,14H,7-10H2,1H3,(H,23,25)(H,19,20,21,22). The number of aromatic nitrogens is 4. The van der Waals surface area contributed by atoms with Gasteiger partial charge in [0.2, 0.25) is 0 Å². The second-order valence-corrected chi connectivity index (χ2v) is 6.32. The maximum Gasteiger partial charge on any atom is 0.251 e. The number of H-pyrrole nitrogens is 1. The number of aryl methyl sites for hydroxylation is 1. The number of nitrogens with zero attached hydrogens (tertiary/aromatic N) is 4. The average Bonchev–Trinajstić information content (AvgIpc) is 3.03. The Morgan fingerprint density at radius 1 is 1.20 bits per heavy atom. The molecule has 1 saturated heterocycles. The first-order chi connectivity index (χ1) is 12.2. The number of hydrogen-bond acceptors (Lipinski definition) is 5. The molecule has 0 radical (unpaired) electrons. The summed E-state index contributed by atoms with van der Waals surface area (Å²) in [5, 5.41) is 3.13. The molecule has 3 aromatic rings. The Hall–Kier alpha value is -2.96. The SMILES string of the molecule is Cc1nc2ncnc(N3CCC(NC(=O)c4ccccc4)CC3)c2[nH]1. The molecule has 1 aliphatic heterocycles. The van der Waals surface area contributed by atoms with Crippen LogP contribution in [-0.2, 0) is 0 Å². The minimum Gasteiger partial charge on any atom is -0.355 e. The van der Waals surface area contributed by atoms with Crippen LogP contribution >= 0.6 is 0 Å². The predicted molar refractivity (Wildman–Crippen MR) is 95.6 cm³/mol. The number of aromatic amines is 1. The zero-order chi connectivity index (χ0) is 17.2. The molecule has 1 amide bonds. The first-order valence-corrected chi connectivity index (χ1v) is 8.49. The van der Waals surface area contributed by atoms with E-state index >= 15 is 0 Å². The summed E-state index contributed by atoms with van der Waals surface area (Å²) in [5.74, 6) is 1.72. The van der Waals surface area contributed by atoms with Crippen LogP contribution in [0.3, 0.4) is 0 Å². The van der Waals surface area contributed by atoms with Gasteiger partial charge in [-0.25, -0.2) is 15.0 Å². The molecule has 3 heterocycles. The Labute approximate surface area is 145 Å². The van der Waals surface area contributed by atoms with Crippen LogP contribution in [0.5, 0.6) is 0 Å². The van der Waals surface area contributed by atoms with E-state index in [9.17, 15) is 4.79 Å². The summed E-state index contributed by atoms with van der Waals surface area (Å²) < 4.78 is 0. The first kappa shape index (κ1) is 15.6. The van der Waals surface area contributed by atoms with Crippen molar-refractivity contribution in [2.45, 2.75) is 25.8 Å². The molecule has 2 N–H and O–H groups in total. The number of carbonyl (C=O) groups excluding carboxylic acids is 1. The van der Waals surface area contributed by atoms with Gasteiger partial charge in [-0.1, -0.05) is 18.2 Å². The number of benzene rings is 1. The number of hydrogen-bond donors (Lipinski definition) is 2. The molecule has 4 rings (SSSR count). The summed E-state index contributed by atoms with van der Waals surface area (Å²) in [4.78, 5) is 30.8. The summed E-state index contributed by atoms with van der Waals surface area (Å²) in [5.41, 5.74) is 2.28. The van der Waals surface area contributed by atoms with Crippen LogP contribution < -0.4 is 10.2 Å². The van der Waals surface area contributed by atoms with Crippen molar-refractivity contribution in [2.24, 2.45) is 0 Å². The molecule has 0 unspecified atom stereocenters. The summed E-state index contributed by atoms with van der Waals surface area (Å²) in [6.45, 7) is 3.59. The molecule has 7 nitrogen and oxygen atoms in total. The summed E-state index contributed by atoms with van der Waals surface area (Å²) in [6.07, 6.45) is 3.33. The van der Waals surface area contributed by atoms with Crippen LogP contribution in [-0.4, -0.2) is 45.0 Å². The van der Waals surface area contributed by atoms with Crippen molar-refractivity contribution < 1.29 is 4.79 Å². The normalized spacial score (nSPS) is 15.5. The van der Waals surface area contributed by atoms with E-state index in [1.165, 1.54) is 0 Å². The first-order valence-electron chi connectivity index (χ1n) is 8.49. The van der Waals surface area contributed by atoms with E-state index in [2.05, 4.69) is 30.2 Å². The van der Waals surface area contributed by atoms with Gasteiger partial charge in [0.1, 0.15) is 17.7 Å². The number of nitrogens with one attached hydrogen (secondary N) is 2. The Morgan fingerprint density at radius 3 is 2.72 bits per heavy atom. The topological polar surface area (TPSA) is 86.8 Å². The Balaban J connectivity index is 1.42. The molecule has 0 aliphatic carbocycles. The van der Waals surface area contributed by atoms with Crippen LogP contribution in [0.1, 0.15) is 29.0 Å². The van der Waals surface area contributed by atoms with Gasteiger partial charge in [-0.15, -0.1) is 0 Å². The summed E-state index contributed by atoms with van der Waals surface area (Å²) in [6, 6.07) is 9.53. The third-order valence-electron chi connectivity index (χ3n) is 4.55. The number of imidazole rings is 1. The molecular formula is C18H20N6O. The van der Waals surface area contributed by atoms with Gasteiger partial charge in [0.25, 0.3) is 5.91 Å². The number of piperidine rings is 1. The minimum absolute atomic E-state index is 0.00679. The van der Waals surface area contributed by atoms with Crippen molar-refractivity contribution in [2.75, 3.05) is 18.0 Å². The van der Waals surface area contributed by atoms with E-state index in [1.807, 2.05) is 37.3 Å². The summed E-state index contributed by atoms with van der Waals surface area (Å²) in [7, 11) is 0. The zero-order valence-corrected chi connectivity index (χ0v) is 14.1. The van der Waals surface area contributed by atoms with E-state index in [-0.39, 0.29) is 11.9 Å². The van der Waals surface area contributed by atoms with E-state index in [0.717, 1.165) is 43.1 Å². The molecule has 0 bridgehead atoms. The lowest BCUT2D eigenvalue weighted by Gasteiger charge is -2.33. The monoisotopic (exact) mass is 336 g/mol. The van der Waals surface area contributed by atoms with Crippen molar-refractivity contribution in [3.05, 3.63) is 48.0 Å². The molecule has 0 atom stereocenters. The lowest BCUT2D eigenvalue weighted by molar-refractivity contribution is 0.0931. The maximum atomic E-state index is 12.3. The van der Waals surface area contributed by atoms with Crippen molar-refractivity contribution in [3.63, 3.8) is 0 Å². The lowest BCUT2D eigenvalue weighted by atomic mass is 10.0. The second-order valence-electron chi connectivity index (χ2n) is 6.32. The van der Waals surface area contributed by atoms with Crippen molar-refractivity contribution in [1.29, 1.82) is 0 Å². The van der Waals surface area contributed by atoms with Gasteiger partial charge in [0, 0.05) is 24.7 Å². The molecule has 0 spiro atoms. The molecule has 1 fully saturated rings. The van der Waals surface area contributed by atoms with Crippen LogP contribution in [0.25, 0.3) is 11.2 Å². The van der Waals surface area contributed by atoms with Gasteiger partial charge < -0.3 is 15.2 Å². The molecule has 1 aliphatic rings. The fourth-order valence-electron chi connectivity index (χ4n) is 3.27. The molecule has 2 aromatic heterocycles. The van der Waals surface area contributed by atoms with Crippen LogP contribution in [0.2, 0.25) is 0 Å². The van der Waals surface area contributed by atoms with E-state index in [0.29, 0.717) is 11.2 Å². The van der Waals surface area contributed by atoms with E-state index in [1.54, 1.807) is 6.33 Å². The minimum atomic E-state index is -0.00679. The number of rotatable bonds is 3. The smallest absolute Gasteiger partial charge is 0.251 e. The highest BCUT2D eigenvalue weighted by atomic mass is 16.1. The van der Waals surface area contributed by atoms with Crippen molar-refractivity contribution in [3.8, 4) is 0 Å². The summed E-state index contributed by atoms with van der Waals surface area (Å²) >= 11 is 0. The van der Waals surface area contributed by atoms with Gasteiger partial charge in [0.05, 0.1) is 0 Å². The highest BCUT2D eigenvalue weighted by Gasteiger charge is 2.23. The third kappa shape index (κ3) is 3.17. The molecule has 25 heavy (non-hydrogen) atoms. The maximum absolute atomic E-state index is 12.3. The average molecular weight is 336 g/mol. The number of carbonyl (C=O) groups is 1. The van der Waals surface area contributed by atoms with E-state index in [4.69, 9.17) is 0 Å². The van der Waals surface area contributed by atoms with Gasteiger partial charge in [-0.2, -0.15) is 0 Å². The Bertz CT molecular complexity index is 883. The van der Waals surface area contributed by atoms with Gasteiger partial charge in [-0.05, 0) is 31.9 Å². The van der Waals surface area contributed by atoms with Gasteiger partial charge in [-0.3, -0.25) is 4.79 Å². The third-order valence-corrected chi connectivity index (χ3v) is 4.55. The highest BCUT2D eigenvalue weighted by molar-refractivity contribution is 5.94. The zero-order valence-electron chi connectivity index (χ0n) is 14.1. The Kier molecular flexibility index (Phi) is 4.05. The van der Waals surface area contributed by atoms with Gasteiger partial charge in [0.15, 0.2) is 11.5 Å². The largest absolute Gasteiger partial charge is 0.355 e. The van der Waals surface area contributed by atoms with Crippen LogP contribution in [0.15, 0.2) is 36.7 Å². The quantitative estimate of drug-likeness (QED) is 0.764. The van der Waals surface area contributed by atoms with E-state index < -0.39 is 0 Å². The number of amides is 1. The van der Waals surface area contributed by atoms with Crippen LogP contribution in [0, 0.1) is 6.92 Å². The highest BCUT2D eigenvalue weighted by Crippen LogP contribution is 2.24. The fraction of sp³-hybridized carbons (Fsp3) is 0.333. The number of fused-ring (bicyclic) bond motifs is 1. The molecular weight excluding hydrogens is 316 g/mol. The van der Waals surface area contributed by atoms with Gasteiger partial charge >= 0.3 is 0 Å². The second kappa shape index (κ2) is 6.51. The molecule has 128 valence electrons. The lowest BCUT2D eigenvalue weighted by Crippen LogP contribution is -2.45. The Morgan fingerprint density at radius 2 is 1.96 bits per heavy atom. The van der Waals surface area contributed by atoms with Crippen LogP contribution in [0.4, 0.5) is 5.82 Å².